The molecule has 3 nitrogen and oxygen atoms in total. The Morgan fingerprint density at radius 2 is 2.29 bits per heavy atom. The van der Waals surface area contributed by atoms with Gasteiger partial charge in [-0.3, -0.25) is 4.40 Å². The van der Waals surface area contributed by atoms with Gasteiger partial charge in [-0.15, -0.1) is 11.3 Å². The van der Waals surface area contributed by atoms with E-state index in [1.165, 1.54) is 11.1 Å². The highest BCUT2D eigenvalue weighted by Gasteiger charge is 2.14. The molecule has 0 fully saturated rings. The first-order chi connectivity index (χ1) is 10.3. The fourth-order valence-electron chi connectivity index (χ4n) is 2.60. The van der Waals surface area contributed by atoms with Crippen LogP contribution in [0.1, 0.15) is 36.2 Å². The number of nitrogens with one attached hydrogen (secondary N) is 1. The molecule has 0 aliphatic carbocycles. The van der Waals surface area contributed by atoms with Crippen LogP contribution >= 0.6 is 11.3 Å². The molecule has 0 saturated carbocycles. The summed E-state index contributed by atoms with van der Waals surface area (Å²) in [5.41, 5.74) is 3.80. The summed E-state index contributed by atoms with van der Waals surface area (Å²) in [5, 5.41) is 5.72. The van der Waals surface area contributed by atoms with Gasteiger partial charge in [0.2, 0.25) is 0 Å². The predicted octanol–water partition coefficient (Wildman–Crippen LogP) is 3.99. The summed E-state index contributed by atoms with van der Waals surface area (Å²) in [5.74, 6) is 0. The predicted molar refractivity (Wildman–Crippen MR) is 89.0 cm³/mol. The Balaban J connectivity index is 1.83. The van der Waals surface area contributed by atoms with E-state index in [0.29, 0.717) is 6.04 Å². The van der Waals surface area contributed by atoms with Gasteiger partial charge in [-0.2, -0.15) is 0 Å². The highest BCUT2D eigenvalue weighted by Crippen LogP contribution is 2.21. The summed E-state index contributed by atoms with van der Waals surface area (Å²) < 4.78 is 2.10. The number of fused-ring (bicyclic) bond motifs is 1. The molecule has 0 saturated heterocycles. The lowest BCUT2D eigenvalue weighted by Gasteiger charge is -2.18. The Hall–Kier alpha value is -1.65. The van der Waals surface area contributed by atoms with Gasteiger partial charge in [0.05, 0.1) is 5.69 Å². The third-order valence-corrected chi connectivity index (χ3v) is 4.41. The van der Waals surface area contributed by atoms with Crippen LogP contribution < -0.4 is 5.32 Å². The van der Waals surface area contributed by atoms with E-state index in [-0.39, 0.29) is 0 Å². The Labute approximate surface area is 129 Å². The number of imidazole rings is 1. The fraction of sp³-hybridized carbons (Fsp3) is 0.353. The first kappa shape index (κ1) is 14.3. The van der Waals surface area contributed by atoms with Gasteiger partial charge >= 0.3 is 0 Å². The van der Waals surface area contributed by atoms with Crippen LogP contribution in [0, 0.1) is 6.92 Å². The minimum atomic E-state index is 0.328. The summed E-state index contributed by atoms with van der Waals surface area (Å²) in [6.07, 6.45) is 6.28. The number of nitrogens with zero attached hydrogens (tertiary/aromatic N) is 2. The van der Waals surface area contributed by atoms with Crippen molar-refractivity contribution < 1.29 is 0 Å². The molecule has 1 atom stereocenters. The van der Waals surface area contributed by atoms with E-state index in [9.17, 15) is 0 Å². The van der Waals surface area contributed by atoms with Crippen molar-refractivity contribution in [2.45, 2.75) is 32.7 Å². The van der Waals surface area contributed by atoms with Crippen LogP contribution in [-0.2, 0) is 6.42 Å². The standard InChI is InChI=1S/C17H21N3S/c1-3-7-18-16(14-6-4-5-13(2)10-14)11-15-12-20-8-9-21-17(20)19-15/h4-6,8-10,12,16,18H,3,7,11H2,1-2H3. The van der Waals surface area contributed by atoms with Crippen LogP contribution in [0.25, 0.3) is 4.96 Å². The van der Waals surface area contributed by atoms with Crippen molar-refractivity contribution >= 4 is 16.3 Å². The minimum absolute atomic E-state index is 0.328. The summed E-state index contributed by atoms with van der Waals surface area (Å²) >= 11 is 1.68. The van der Waals surface area contributed by atoms with Crippen molar-refractivity contribution in [3.05, 3.63) is 58.9 Å². The maximum Gasteiger partial charge on any atom is 0.193 e. The summed E-state index contributed by atoms with van der Waals surface area (Å²) in [7, 11) is 0. The Morgan fingerprint density at radius 1 is 1.38 bits per heavy atom. The first-order valence-electron chi connectivity index (χ1n) is 7.47. The molecule has 0 aliphatic rings. The fourth-order valence-corrected chi connectivity index (χ4v) is 3.32. The van der Waals surface area contributed by atoms with Crippen molar-refractivity contribution in [3.8, 4) is 0 Å². The molecule has 0 spiro atoms. The molecule has 2 aromatic heterocycles. The smallest absolute Gasteiger partial charge is 0.193 e. The average Bonchev–Trinajstić information content (AvgIpc) is 3.04. The van der Waals surface area contributed by atoms with E-state index in [1.807, 2.05) is 0 Å². The van der Waals surface area contributed by atoms with E-state index < -0.39 is 0 Å². The molecule has 0 radical (unpaired) electrons. The second-order valence-electron chi connectivity index (χ2n) is 5.45. The zero-order valence-corrected chi connectivity index (χ0v) is 13.4. The van der Waals surface area contributed by atoms with E-state index in [2.05, 4.69) is 65.6 Å². The largest absolute Gasteiger partial charge is 0.310 e. The van der Waals surface area contributed by atoms with Gasteiger partial charge in [-0.05, 0) is 25.5 Å². The van der Waals surface area contributed by atoms with Gasteiger partial charge in [-0.1, -0.05) is 36.8 Å². The van der Waals surface area contributed by atoms with Gasteiger partial charge < -0.3 is 5.32 Å². The van der Waals surface area contributed by atoms with Gasteiger partial charge in [0.1, 0.15) is 0 Å². The van der Waals surface area contributed by atoms with Crippen LogP contribution in [0.15, 0.2) is 42.0 Å². The lowest BCUT2D eigenvalue weighted by atomic mass is 10.0. The molecule has 1 unspecified atom stereocenters. The highest BCUT2D eigenvalue weighted by atomic mass is 32.1. The summed E-state index contributed by atoms with van der Waals surface area (Å²) in [6, 6.07) is 9.09. The van der Waals surface area contributed by atoms with Crippen LogP contribution in [0.4, 0.5) is 0 Å². The third-order valence-electron chi connectivity index (χ3n) is 3.64. The van der Waals surface area contributed by atoms with Crippen molar-refractivity contribution in [3.63, 3.8) is 0 Å². The Morgan fingerprint density at radius 3 is 3.05 bits per heavy atom. The summed E-state index contributed by atoms with van der Waals surface area (Å²) in [4.78, 5) is 5.78. The molecule has 0 bridgehead atoms. The van der Waals surface area contributed by atoms with Crippen LogP contribution in [0.2, 0.25) is 0 Å². The van der Waals surface area contributed by atoms with E-state index in [4.69, 9.17) is 4.98 Å². The second kappa shape index (κ2) is 6.41. The molecular weight excluding hydrogens is 278 g/mol. The molecule has 110 valence electrons. The molecule has 2 heterocycles. The number of benzene rings is 1. The molecule has 1 N–H and O–H groups in total. The average molecular weight is 299 g/mol. The minimum Gasteiger partial charge on any atom is -0.310 e. The molecule has 0 amide bonds. The maximum absolute atomic E-state index is 4.71. The zero-order chi connectivity index (χ0) is 14.7. The number of rotatable bonds is 6. The number of hydrogen-bond donors (Lipinski definition) is 1. The quantitative estimate of drug-likeness (QED) is 0.746. The van der Waals surface area contributed by atoms with E-state index in [1.54, 1.807) is 11.3 Å². The van der Waals surface area contributed by atoms with Crippen molar-refractivity contribution in [2.24, 2.45) is 0 Å². The molecule has 3 rings (SSSR count). The number of aromatic nitrogens is 2. The lowest BCUT2D eigenvalue weighted by Crippen LogP contribution is -2.24. The number of thiazole rings is 1. The molecule has 4 heteroatoms. The van der Waals surface area contributed by atoms with Crippen LogP contribution in [-0.4, -0.2) is 15.9 Å². The second-order valence-corrected chi connectivity index (χ2v) is 6.32. The maximum atomic E-state index is 4.71. The first-order valence-corrected chi connectivity index (χ1v) is 8.35. The van der Waals surface area contributed by atoms with Gasteiger partial charge in [0.15, 0.2) is 4.96 Å². The van der Waals surface area contributed by atoms with Crippen LogP contribution in [0.5, 0.6) is 0 Å². The lowest BCUT2D eigenvalue weighted by molar-refractivity contribution is 0.525. The Bertz CT molecular complexity index is 685. The molecule has 21 heavy (non-hydrogen) atoms. The van der Waals surface area contributed by atoms with Crippen molar-refractivity contribution in [2.75, 3.05) is 6.54 Å². The Kier molecular flexibility index (Phi) is 4.36. The third kappa shape index (κ3) is 3.34. The van der Waals surface area contributed by atoms with Crippen LogP contribution in [0.3, 0.4) is 0 Å². The number of hydrogen-bond acceptors (Lipinski definition) is 3. The van der Waals surface area contributed by atoms with E-state index >= 15 is 0 Å². The number of aryl methyl sites for hydroxylation is 1. The SMILES string of the molecule is CCCNC(Cc1cn2ccsc2n1)c1cccc(C)c1. The molecule has 1 aromatic carbocycles. The summed E-state index contributed by atoms with van der Waals surface area (Å²) in [6.45, 7) is 5.38. The van der Waals surface area contributed by atoms with Crippen molar-refractivity contribution in [1.29, 1.82) is 0 Å². The topological polar surface area (TPSA) is 29.3 Å². The van der Waals surface area contributed by atoms with Gasteiger partial charge in [-0.25, -0.2) is 4.98 Å². The van der Waals surface area contributed by atoms with Gasteiger partial charge in [0.25, 0.3) is 0 Å². The molecule has 0 aliphatic heterocycles. The van der Waals surface area contributed by atoms with Crippen molar-refractivity contribution in [1.82, 2.24) is 14.7 Å². The van der Waals surface area contributed by atoms with E-state index in [0.717, 1.165) is 30.0 Å². The van der Waals surface area contributed by atoms with Gasteiger partial charge in [0, 0.05) is 30.2 Å². The highest BCUT2D eigenvalue weighted by molar-refractivity contribution is 7.15. The zero-order valence-electron chi connectivity index (χ0n) is 12.5. The molecule has 3 aromatic rings. The normalized spacial score (nSPS) is 12.9. The molecular formula is C17H21N3S. The monoisotopic (exact) mass is 299 g/mol.